The Morgan fingerprint density at radius 1 is 1.26 bits per heavy atom. The SMILES string of the molecule is Cc1nc(-c2cccnc2)sc1-c1cnc2c(n1)C(=NOC(C)C)CCN2S(C)(=O)=O. The molecule has 0 N–H and O–H groups in total. The molecule has 0 saturated heterocycles. The van der Waals surface area contributed by atoms with Gasteiger partial charge in [0.1, 0.15) is 28.2 Å². The van der Waals surface area contributed by atoms with Gasteiger partial charge < -0.3 is 4.84 Å². The van der Waals surface area contributed by atoms with Crippen molar-refractivity contribution in [1.82, 2.24) is 19.9 Å². The molecule has 0 aromatic carbocycles. The second-order valence-corrected chi connectivity index (χ2v) is 10.3. The fourth-order valence-electron chi connectivity index (χ4n) is 3.13. The van der Waals surface area contributed by atoms with Crippen LogP contribution < -0.4 is 4.31 Å². The lowest BCUT2D eigenvalue weighted by atomic mass is 10.1. The van der Waals surface area contributed by atoms with Gasteiger partial charge in [-0.15, -0.1) is 11.3 Å². The van der Waals surface area contributed by atoms with Gasteiger partial charge in [-0.3, -0.25) is 9.29 Å². The average molecular weight is 459 g/mol. The van der Waals surface area contributed by atoms with Crippen LogP contribution in [0.4, 0.5) is 5.82 Å². The summed E-state index contributed by atoms with van der Waals surface area (Å²) in [5, 5.41) is 5.05. The van der Waals surface area contributed by atoms with Crippen molar-refractivity contribution >= 4 is 32.9 Å². The first-order valence-electron chi connectivity index (χ1n) is 9.70. The van der Waals surface area contributed by atoms with E-state index < -0.39 is 10.0 Å². The lowest BCUT2D eigenvalue weighted by Gasteiger charge is -2.28. The number of hydrogen-bond acceptors (Lipinski definition) is 9. The number of aryl methyl sites for hydroxylation is 1. The summed E-state index contributed by atoms with van der Waals surface area (Å²) in [7, 11) is -3.49. The number of sulfonamides is 1. The van der Waals surface area contributed by atoms with Gasteiger partial charge in [0.2, 0.25) is 10.0 Å². The minimum Gasteiger partial charge on any atom is -0.393 e. The van der Waals surface area contributed by atoms with Gasteiger partial charge in [0, 0.05) is 30.9 Å². The molecule has 1 aliphatic heterocycles. The van der Waals surface area contributed by atoms with Crippen molar-refractivity contribution in [1.29, 1.82) is 0 Å². The van der Waals surface area contributed by atoms with E-state index in [4.69, 9.17) is 9.82 Å². The van der Waals surface area contributed by atoms with Crippen LogP contribution in [0, 0.1) is 6.92 Å². The number of rotatable bonds is 5. The lowest BCUT2D eigenvalue weighted by molar-refractivity contribution is 0.0855. The van der Waals surface area contributed by atoms with Crippen LogP contribution in [0.5, 0.6) is 0 Å². The van der Waals surface area contributed by atoms with Gasteiger partial charge >= 0.3 is 0 Å². The third-order valence-electron chi connectivity index (χ3n) is 4.53. The zero-order chi connectivity index (χ0) is 22.2. The van der Waals surface area contributed by atoms with Crippen molar-refractivity contribution < 1.29 is 13.3 Å². The van der Waals surface area contributed by atoms with Gasteiger partial charge in [-0.2, -0.15) is 0 Å². The molecule has 0 spiro atoms. The number of hydrogen-bond donors (Lipinski definition) is 0. The maximum absolute atomic E-state index is 12.3. The van der Waals surface area contributed by atoms with Crippen LogP contribution >= 0.6 is 11.3 Å². The van der Waals surface area contributed by atoms with Crippen molar-refractivity contribution in [3.8, 4) is 21.1 Å². The van der Waals surface area contributed by atoms with E-state index in [1.54, 1.807) is 18.6 Å². The van der Waals surface area contributed by atoms with Gasteiger partial charge in [0.15, 0.2) is 5.82 Å². The second kappa shape index (κ2) is 8.31. The average Bonchev–Trinajstić information content (AvgIpc) is 3.13. The summed E-state index contributed by atoms with van der Waals surface area (Å²) < 4.78 is 25.8. The highest BCUT2D eigenvalue weighted by Crippen LogP contribution is 2.35. The van der Waals surface area contributed by atoms with Gasteiger partial charge in [-0.1, -0.05) is 5.16 Å². The highest BCUT2D eigenvalue weighted by atomic mass is 32.2. The number of oxime groups is 1. The fourth-order valence-corrected chi connectivity index (χ4v) is 5.01. The van der Waals surface area contributed by atoms with Crippen LogP contribution in [0.15, 0.2) is 35.9 Å². The molecule has 31 heavy (non-hydrogen) atoms. The molecule has 9 nitrogen and oxygen atoms in total. The zero-order valence-corrected chi connectivity index (χ0v) is 19.2. The van der Waals surface area contributed by atoms with E-state index in [1.165, 1.54) is 15.6 Å². The number of thiazole rings is 1. The molecule has 4 heterocycles. The van der Waals surface area contributed by atoms with E-state index in [0.29, 0.717) is 23.5 Å². The fraction of sp³-hybridized carbons (Fsp3) is 0.350. The molecule has 1 aliphatic rings. The monoisotopic (exact) mass is 458 g/mol. The molecule has 0 amide bonds. The van der Waals surface area contributed by atoms with E-state index in [9.17, 15) is 8.42 Å². The first kappa shape index (κ1) is 21.3. The largest absolute Gasteiger partial charge is 0.393 e. The molecule has 11 heteroatoms. The molecular weight excluding hydrogens is 436 g/mol. The van der Waals surface area contributed by atoms with E-state index in [-0.39, 0.29) is 18.5 Å². The Morgan fingerprint density at radius 2 is 2.06 bits per heavy atom. The first-order valence-corrected chi connectivity index (χ1v) is 12.4. The molecule has 4 rings (SSSR count). The van der Waals surface area contributed by atoms with E-state index >= 15 is 0 Å². The molecule has 0 saturated carbocycles. The minimum absolute atomic E-state index is 0.106. The number of fused-ring (bicyclic) bond motifs is 1. The van der Waals surface area contributed by atoms with Crippen molar-refractivity contribution in [2.75, 3.05) is 17.1 Å². The Labute approximate surface area is 184 Å². The molecule has 3 aromatic heterocycles. The summed E-state index contributed by atoms with van der Waals surface area (Å²) >= 11 is 1.49. The number of anilines is 1. The van der Waals surface area contributed by atoms with Crippen LogP contribution in [-0.2, 0) is 14.9 Å². The Morgan fingerprint density at radius 3 is 2.74 bits per heavy atom. The normalized spacial score (nSPS) is 15.4. The predicted molar refractivity (Wildman–Crippen MR) is 121 cm³/mol. The Kier molecular flexibility index (Phi) is 5.71. The Hall–Kier alpha value is -2.92. The van der Waals surface area contributed by atoms with Crippen molar-refractivity contribution in [2.24, 2.45) is 5.16 Å². The molecule has 0 bridgehead atoms. The molecule has 0 fully saturated rings. The number of pyridine rings is 1. The number of aromatic nitrogens is 4. The highest BCUT2D eigenvalue weighted by molar-refractivity contribution is 7.92. The standard InChI is InChI=1S/C20H22N6O3S2/c1-12(2)29-25-15-7-9-26(31(4,27)28)19-17(15)24-16(11-22-19)18-13(3)23-20(30-18)14-6-5-8-21-10-14/h5-6,8,10-12H,7,9H2,1-4H3. The van der Waals surface area contributed by atoms with Crippen LogP contribution in [0.2, 0.25) is 0 Å². The zero-order valence-electron chi connectivity index (χ0n) is 17.6. The molecule has 0 atom stereocenters. The molecule has 0 aliphatic carbocycles. The summed E-state index contributed by atoms with van der Waals surface area (Å²) in [6.07, 6.45) is 6.49. The van der Waals surface area contributed by atoms with E-state index in [0.717, 1.165) is 27.4 Å². The van der Waals surface area contributed by atoms with E-state index in [1.807, 2.05) is 32.9 Å². The summed E-state index contributed by atoms with van der Waals surface area (Å²) in [6.45, 7) is 5.90. The third kappa shape index (κ3) is 4.42. The van der Waals surface area contributed by atoms with E-state index in [2.05, 4.69) is 20.1 Å². The highest BCUT2D eigenvalue weighted by Gasteiger charge is 2.31. The first-order chi connectivity index (χ1) is 14.7. The molecule has 0 unspecified atom stereocenters. The van der Waals surface area contributed by atoms with Crippen LogP contribution in [0.3, 0.4) is 0 Å². The maximum Gasteiger partial charge on any atom is 0.233 e. The third-order valence-corrected chi connectivity index (χ3v) is 6.91. The van der Waals surface area contributed by atoms with Crippen LogP contribution in [0.25, 0.3) is 21.1 Å². The van der Waals surface area contributed by atoms with Gasteiger partial charge in [-0.05, 0) is 32.9 Å². The second-order valence-electron chi connectivity index (χ2n) is 7.38. The minimum atomic E-state index is -3.49. The molecule has 162 valence electrons. The summed E-state index contributed by atoms with van der Waals surface area (Å²) in [6, 6.07) is 3.81. The summed E-state index contributed by atoms with van der Waals surface area (Å²) in [4.78, 5) is 24.3. The number of nitrogens with zero attached hydrogens (tertiary/aromatic N) is 6. The van der Waals surface area contributed by atoms with Crippen LogP contribution in [0.1, 0.15) is 31.7 Å². The quantitative estimate of drug-likeness (QED) is 0.540. The maximum atomic E-state index is 12.3. The van der Waals surface area contributed by atoms with Crippen molar-refractivity contribution in [2.45, 2.75) is 33.3 Å². The summed E-state index contributed by atoms with van der Waals surface area (Å²) in [5.41, 5.74) is 3.32. The van der Waals surface area contributed by atoms with Crippen LogP contribution in [-0.4, -0.2) is 53.0 Å². The predicted octanol–water partition coefficient (Wildman–Crippen LogP) is 3.27. The smallest absolute Gasteiger partial charge is 0.233 e. The Balaban J connectivity index is 1.81. The van der Waals surface area contributed by atoms with Crippen molar-refractivity contribution in [3.05, 3.63) is 42.1 Å². The molecule has 3 aromatic rings. The topological polar surface area (TPSA) is 111 Å². The Bertz CT molecular complexity index is 1240. The van der Waals surface area contributed by atoms with Gasteiger partial charge in [-0.25, -0.2) is 23.4 Å². The lowest BCUT2D eigenvalue weighted by Crippen LogP contribution is -2.38. The molecule has 0 radical (unpaired) electrons. The van der Waals surface area contributed by atoms with Crippen molar-refractivity contribution in [3.63, 3.8) is 0 Å². The van der Waals surface area contributed by atoms with Gasteiger partial charge in [0.05, 0.1) is 23.0 Å². The summed E-state index contributed by atoms with van der Waals surface area (Å²) in [5.74, 6) is 0.262. The molecular formula is C20H22N6O3S2. The van der Waals surface area contributed by atoms with Gasteiger partial charge in [0.25, 0.3) is 0 Å².